The van der Waals surface area contributed by atoms with Crippen molar-refractivity contribution in [1.29, 1.82) is 0 Å². The van der Waals surface area contributed by atoms with Crippen LogP contribution < -0.4 is 14.2 Å². The fraction of sp³-hybridized carbons (Fsp3) is 0.333. The normalized spacial score (nSPS) is 10.9. The summed E-state index contributed by atoms with van der Waals surface area (Å²) in [5, 5.41) is 18.9. The average Bonchev–Trinajstić information content (AvgIpc) is 3.52. The summed E-state index contributed by atoms with van der Waals surface area (Å²) in [6.07, 6.45) is 7.48. The highest BCUT2D eigenvalue weighted by Crippen LogP contribution is 2.35. The summed E-state index contributed by atoms with van der Waals surface area (Å²) in [7, 11) is 0. The number of benzene rings is 3. The van der Waals surface area contributed by atoms with Crippen LogP contribution in [0.15, 0.2) is 71.7 Å². The van der Waals surface area contributed by atoms with E-state index in [1.165, 1.54) is 12.5 Å². The molecule has 0 radical (unpaired) electrons. The zero-order valence-corrected chi connectivity index (χ0v) is 23.6. The standard InChI is InChI=1S/C33H37NO7/c1-3-10-25-29(14-7-15-30(25)41-31-13-6-5-12-26(31)33(36)37)39-17-9-18-40-32-20-24(11-8-16-35)27(19-23(32)4-2)28-21-38-22-34-28/h5-7,12-15,19-22,35H,3-4,8-11,16-18H2,1-2H3,(H,36,37). The Hall–Kier alpha value is -4.30. The average molecular weight is 560 g/mol. The number of ether oxygens (including phenoxy) is 3. The summed E-state index contributed by atoms with van der Waals surface area (Å²) in [4.78, 5) is 16.0. The molecule has 0 saturated heterocycles. The quantitative estimate of drug-likeness (QED) is 0.140. The van der Waals surface area contributed by atoms with Gasteiger partial charge in [0.2, 0.25) is 0 Å². The number of aromatic nitrogens is 1. The first-order chi connectivity index (χ1) is 20.0. The zero-order chi connectivity index (χ0) is 29.0. The maximum atomic E-state index is 11.6. The second kappa shape index (κ2) is 14.9. The van der Waals surface area contributed by atoms with Gasteiger partial charge in [0, 0.05) is 24.2 Å². The molecule has 216 valence electrons. The van der Waals surface area contributed by atoms with Crippen molar-refractivity contribution in [1.82, 2.24) is 4.98 Å². The number of carbonyl (C=O) groups is 1. The lowest BCUT2D eigenvalue weighted by Gasteiger charge is -2.17. The molecule has 4 rings (SSSR count). The van der Waals surface area contributed by atoms with Gasteiger partial charge in [0.1, 0.15) is 40.5 Å². The van der Waals surface area contributed by atoms with Gasteiger partial charge in [-0.1, -0.05) is 38.5 Å². The van der Waals surface area contributed by atoms with E-state index >= 15 is 0 Å². The van der Waals surface area contributed by atoms with Gasteiger partial charge in [-0.15, -0.1) is 0 Å². The van der Waals surface area contributed by atoms with E-state index in [1.54, 1.807) is 24.5 Å². The lowest BCUT2D eigenvalue weighted by atomic mass is 9.96. The maximum Gasteiger partial charge on any atom is 0.339 e. The third-order valence-corrected chi connectivity index (χ3v) is 6.71. The van der Waals surface area contributed by atoms with Gasteiger partial charge in [-0.3, -0.25) is 0 Å². The van der Waals surface area contributed by atoms with Crippen molar-refractivity contribution in [3.63, 3.8) is 0 Å². The molecular formula is C33H37NO7. The Balaban J connectivity index is 1.42. The van der Waals surface area contributed by atoms with Crippen molar-refractivity contribution < 1.29 is 33.6 Å². The minimum Gasteiger partial charge on any atom is -0.493 e. The first kappa shape index (κ1) is 29.7. The molecule has 0 aliphatic carbocycles. The fourth-order valence-corrected chi connectivity index (χ4v) is 4.68. The molecule has 0 atom stereocenters. The number of para-hydroxylation sites is 1. The van der Waals surface area contributed by atoms with Crippen molar-refractivity contribution in [2.24, 2.45) is 0 Å². The van der Waals surface area contributed by atoms with Gasteiger partial charge in [0.05, 0.1) is 13.2 Å². The van der Waals surface area contributed by atoms with Crippen LogP contribution in [0.5, 0.6) is 23.0 Å². The first-order valence-electron chi connectivity index (χ1n) is 14.1. The molecule has 0 unspecified atom stereocenters. The minimum absolute atomic E-state index is 0.110. The third kappa shape index (κ3) is 7.67. The van der Waals surface area contributed by atoms with E-state index in [0.29, 0.717) is 44.0 Å². The first-order valence-corrected chi connectivity index (χ1v) is 14.1. The van der Waals surface area contributed by atoms with Crippen LogP contribution in [-0.4, -0.2) is 41.0 Å². The number of aliphatic hydroxyl groups excluding tert-OH is 1. The second-order valence-electron chi connectivity index (χ2n) is 9.61. The molecule has 8 nitrogen and oxygen atoms in total. The van der Waals surface area contributed by atoms with E-state index in [2.05, 4.69) is 31.0 Å². The van der Waals surface area contributed by atoms with Crippen molar-refractivity contribution >= 4 is 5.97 Å². The van der Waals surface area contributed by atoms with E-state index in [4.69, 9.17) is 18.6 Å². The highest BCUT2D eigenvalue weighted by atomic mass is 16.5. The summed E-state index contributed by atoms with van der Waals surface area (Å²) < 4.78 is 23.6. The van der Waals surface area contributed by atoms with Gasteiger partial charge in [-0.25, -0.2) is 9.78 Å². The second-order valence-corrected chi connectivity index (χ2v) is 9.61. The maximum absolute atomic E-state index is 11.6. The molecule has 0 spiro atoms. The molecule has 41 heavy (non-hydrogen) atoms. The van der Waals surface area contributed by atoms with E-state index in [0.717, 1.165) is 58.7 Å². The Morgan fingerprint density at radius 3 is 2.34 bits per heavy atom. The predicted octanol–water partition coefficient (Wildman–Crippen LogP) is 7.12. The lowest BCUT2D eigenvalue weighted by molar-refractivity contribution is 0.0694. The summed E-state index contributed by atoms with van der Waals surface area (Å²) in [6, 6.07) is 16.4. The predicted molar refractivity (Wildman–Crippen MR) is 156 cm³/mol. The van der Waals surface area contributed by atoms with Crippen molar-refractivity contribution in [3.05, 3.63) is 89.5 Å². The van der Waals surface area contributed by atoms with Gasteiger partial charge >= 0.3 is 5.97 Å². The molecule has 0 aliphatic rings. The number of aliphatic hydroxyl groups is 1. The molecule has 3 aromatic carbocycles. The molecule has 2 N–H and O–H groups in total. The van der Waals surface area contributed by atoms with Crippen LogP contribution in [0.25, 0.3) is 11.3 Å². The van der Waals surface area contributed by atoms with Crippen LogP contribution in [0.1, 0.15) is 60.2 Å². The summed E-state index contributed by atoms with van der Waals surface area (Å²) >= 11 is 0. The van der Waals surface area contributed by atoms with Crippen LogP contribution in [0, 0.1) is 0 Å². The molecule has 1 heterocycles. The Morgan fingerprint density at radius 2 is 1.63 bits per heavy atom. The highest BCUT2D eigenvalue weighted by molar-refractivity contribution is 5.91. The summed E-state index contributed by atoms with van der Waals surface area (Å²) in [5.41, 5.74) is 4.92. The van der Waals surface area contributed by atoms with E-state index in [9.17, 15) is 15.0 Å². The van der Waals surface area contributed by atoms with Crippen LogP contribution in [-0.2, 0) is 19.3 Å². The van der Waals surface area contributed by atoms with Gasteiger partial charge in [0.25, 0.3) is 0 Å². The van der Waals surface area contributed by atoms with Crippen LogP contribution in [0.4, 0.5) is 0 Å². The number of rotatable bonds is 16. The van der Waals surface area contributed by atoms with Crippen molar-refractivity contribution in [3.8, 4) is 34.3 Å². The Labute approximate surface area is 240 Å². The molecule has 0 aliphatic heterocycles. The summed E-state index contributed by atoms with van der Waals surface area (Å²) in [5.74, 6) is 1.39. The molecule has 0 fully saturated rings. The van der Waals surface area contributed by atoms with Crippen molar-refractivity contribution in [2.45, 2.75) is 52.4 Å². The molecule has 0 bridgehead atoms. The van der Waals surface area contributed by atoms with E-state index < -0.39 is 5.97 Å². The number of hydrogen-bond acceptors (Lipinski definition) is 7. The van der Waals surface area contributed by atoms with Crippen molar-refractivity contribution in [2.75, 3.05) is 19.8 Å². The SMILES string of the molecule is CCCc1c(OCCCOc2cc(CCCO)c(-c3cocn3)cc2CC)cccc1Oc1ccccc1C(=O)O. The highest BCUT2D eigenvalue weighted by Gasteiger charge is 2.16. The number of aromatic carboxylic acids is 1. The topological polar surface area (TPSA) is 111 Å². The fourth-order valence-electron chi connectivity index (χ4n) is 4.68. The Kier molecular flexibility index (Phi) is 10.8. The van der Waals surface area contributed by atoms with Crippen LogP contribution in [0.3, 0.4) is 0 Å². The minimum atomic E-state index is -1.04. The van der Waals surface area contributed by atoms with Gasteiger partial charge in [-0.05, 0) is 73.2 Å². The molecule has 0 saturated carbocycles. The molecule has 8 heteroatoms. The number of carboxylic acid groups (broad SMARTS) is 1. The molecular weight excluding hydrogens is 522 g/mol. The lowest BCUT2D eigenvalue weighted by Crippen LogP contribution is -2.08. The monoisotopic (exact) mass is 559 g/mol. The van der Waals surface area contributed by atoms with Crippen LogP contribution in [0.2, 0.25) is 0 Å². The zero-order valence-electron chi connectivity index (χ0n) is 23.6. The summed E-state index contributed by atoms with van der Waals surface area (Å²) in [6.45, 7) is 5.19. The largest absolute Gasteiger partial charge is 0.493 e. The molecule has 1 aromatic heterocycles. The van der Waals surface area contributed by atoms with Gasteiger partial charge < -0.3 is 28.8 Å². The smallest absolute Gasteiger partial charge is 0.339 e. The Morgan fingerprint density at radius 1 is 0.878 bits per heavy atom. The number of nitrogens with zero attached hydrogens (tertiary/aromatic N) is 1. The van der Waals surface area contributed by atoms with E-state index in [1.807, 2.05) is 18.2 Å². The van der Waals surface area contributed by atoms with Gasteiger partial charge in [-0.2, -0.15) is 0 Å². The molecule has 4 aromatic rings. The number of hydrogen-bond donors (Lipinski definition) is 2. The van der Waals surface area contributed by atoms with E-state index in [-0.39, 0.29) is 12.2 Å². The number of carboxylic acids is 1. The third-order valence-electron chi connectivity index (χ3n) is 6.71. The Bertz CT molecular complexity index is 1420. The number of oxazole rings is 1. The van der Waals surface area contributed by atoms with Crippen LogP contribution >= 0.6 is 0 Å². The number of aryl methyl sites for hydroxylation is 2. The molecule has 0 amide bonds. The van der Waals surface area contributed by atoms with Gasteiger partial charge in [0.15, 0.2) is 6.39 Å².